The van der Waals surface area contributed by atoms with E-state index in [1.54, 1.807) is 0 Å². The number of hydrogen-bond donors (Lipinski definition) is 1. The Morgan fingerprint density at radius 3 is 2.67 bits per heavy atom. The topological polar surface area (TPSA) is 25.2 Å². The Kier molecular flexibility index (Phi) is 4.21. The van der Waals surface area contributed by atoms with E-state index in [1.165, 1.54) is 11.1 Å². The van der Waals surface area contributed by atoms with Gasteiger partial charge in [0.2, 0.25) is 0 Å². The molecule has 1 N–H and O–H groups in total. The van der Waals surface area contributed by atoms with E-state index in [4.69, 9.17) is 4.42 Å². The molecule has 0 fully saturated rings. The highest BCUT2D eigenvalue weighted by atomic mass is 16.3. The Hall–Kier alpha value is -1.54. The number of aryl methyl sites for hydroxylation is 1. The molecule has 18 heavy (non-hydrogen) atoms. The molecule has 1 unspecified atom stereocenters. The predicted octanol–water partition coefficient (Wildman–Crippen LogP) is 4.32. The summed E-state index contributed by atoms with van der Waals surface area (Å²) >= 11 is 0. The first kappa shape index (κ1) is 12.9. The molecule has 2 nitrogen and oxygen atoms in total. The van der Waals surface area contributed by atoms with Crippen LogP contribution in [0.2, 0.25) is 0 Å². The molecular formula is C16H21NO. The first-order valence-corrected chi connectivity index (χ1v) is 6.61. The second-order valence-electron chi connectivity index (χ2n) is 4.69. The Balaban J connectivity index is 2.18. The van der Waals surface area contributed by atoms with Crippen molar-refractivity contribution in [3.05, 3.63) is 47.7 Å². The van der Waals surface area contributed by atoms with Crippen molar-refractivity contribution in [2.75, 3.05) is 6.54 Å². The fraction of sp³-hybridized carbons (Fsp3) is 0.375. The van der Waals surface area contributed by atoms with E-state index >= 15 is 0 Å². The van der Waals surface area contributed by atoms with Crippen LogP contribution >= 0.6 is 0 Å². The van der Waals surface area contributed by atoms with Crippen LogP contribution in [0.1, 0.15) is 37.6 Å². The molecule has 0 aliphatic rings. The van der Waals surface area contributed by atoms with Crippen molar-refractivity contribution in [3.8, 4) is 11.3 Å². The molecule has 0 aliphatic carbocycles. The van der Waals surface area contributed by atoms with Gasteiger partial charge in [-0.25, -0.2) is 0 Å². The van der Waals surface area contributed by atoms with Gasteiger partial charge in [0.15, 0.2) is 0 Å². The molecule has 0 radical (unpaired) electrons. The predicted molar refractivity (Wildman–Crippen MR) is 75.6 cm³/mol. The summed E-state index contributed by atoms with van der Waals surface area (Å²) in [5, 5.41) is 3.43. The Labute approximate surface area is 109 Å². The fourth-order valence-electron chi connectivity index (χ4n) is 2.04. The highest BCUT2D eigenvalue weighted by Gasteiger charge is 2.11. The smallest absolute Gasteiger partial charge is 0.134 e. The number of furan rings is 1. The molecule has 2 aromatic rings. The number of rotatable bonds is 5. The number of hydrogen-bond acceptors (Lipinski definition) is 2. The normalized spacial score (nSPS) is 12.6. The van der Waals surface area contributed by atoms with Crippen LogP contribution in [0.15, 0.2) is 40.8 Å². The van der Waals surface area contributed by atoms with Crippen molar-refractivity contribution in [1.82, 2.24) is 5.32 Å². The van der Waals surface area contributed by atoms with Crippen LogP contribution in [-0.4, -0.2) is 6.54 Å². The van der Waals surface area contributed by atoms with Crippen LogP contribution in [0.25, 0.3) is 11.3 Å². The molecule has 1 atom stereocenters. The van der Waals surface area contributed by atoms with Crippen molar-refractivity contribution in [1.29, 1.82) is 0 Å². The van der Waals surface area contributed by atoms with Gasteiger partial charge in [-0.3, -0.25) is 0 Å². The van der Waals surface area contributed by atoms with Gasteiger partial charge in [0.25, 0.3) is 0 Å². The second kappa shape index (κ2) is 5.87. The van der Waals surface area contributed by atoms with E-state index in [9.17, 15) is 0 Å². The Bertz CT molecular complexity index is 501. The van der Waals surface area contributed by atoms with Gasteiger partial charge in [-0.2, -0.15) is 0 Å². The van der Waals surface area contributed by atoms with E-state index in [1.807, 2.05) is 12.1 Å². The largest absolute Gasteiger partial charge is 0.459 e. The maximum absolute atomic E-state index is 5.95. The zero-order valence-corrected chi connectivity index (χ0v) is 11.4. The Morgan fingerprint density at radius 2 is 1.94 bits per heavy atom. The molecule has 0 bridgehead atoms. The number of benzene rings is 1. The molecule has 1 heterocycles. The Morgan fingerprint density at radius 1 is 1.17 bits per heavy atom. The summed E-state index contributed by atoms with van der Waals surface area (Å²) in [4.78, 5) is 0. The summed E-state index contributed by atoms with van der Waals surface area (Å²) < 4.78 is 5.95. The van der Waals surface area contributed by atoms with Crippen molar-refractivity contribution in [3.63, 3.8) is 0 Å². The third-order valence-corrected chi connectivity index (χ3v) is 3.16. The lowest BCUT2D eigenvalue weighted by molar-refractivity contribution is 0.438. The van der Waals surface area contributed by atoms with Crippen molar-refractivity contribution in [2.24, 2.45) is 0 Å². The third-order valence-electron chi connectivity index (χ3n) is 3.16. The molecule has 2 heteroatoms. The standard InChI is InChI=1S/C16H21NO/c1-4-11-17-13(3)15-9-10-16(18-15)14-8-6-5-7-12(14)2/h5-10,13,17H,4,11H2,1-3H3. The van der Waals surface area contributed by atoms with Gasteiger partial charge in [0.05, 0.1) is 6.04 Å². The van der Waals surface area contributed by atoms with Crippen LogP contribution in [0, 0.1) is 6.92 Å². The molecular weight excluding hydrogens is 222 g/mol. The molecule has 0 saturated carbocycles. The summed E-state index contributed by atoms with van der Waals surface area (Å²) in [6, 6.07) is 12.7. The second-order valence-corrected chi connectivity index (χ2v) is 4.69. The van der Waals surface area contributed by atoms with E-state index in [0.29, 0.717) is 0 Å². The van der Waals surface area contributed by atoms with Gasteiger partial charge < -0.3 is 9.73 Å². The average molecular weight is 243 g/mol. The van der Waals surface area contributed by atoms with E-state index in [2.05, 4.69) is 50.4 Å². The van der Waals surface area contributed by atoms with Crippen LogP contribution in [-0.2, 0) is 0 Å². The monoisotopic (exact) mass is 243 g/mol. The van der Waals surface area contributed by atoms with Gasteiger partial charge in [0.1, 0.15) is 11.5 Å². The fourth-order valence-corrected chi connectivity index (χ4v) is 2.04. The molecule has 0 aliphatic heterocycles. The quantitative estimate of drug-likeness (QED) is 0.846. The summed E-state index contributed by atoms with van der Waals surface area (Å²) in [6.45, 7) is 7.43. The summed E-state index contributed by atoms with van der Waals surface area (Å²) in [5.41, 5.74) is 2.42. The van der Waals surface area contributed by atoms with Gasteiger partial charge in [-0.05, 0) is 44.5 Å². The lowest BCUT2D eigenvalue weighted by atomic mass is 10.1. The van der Waals surface area contributed by atoms with Crippen molar-refractivity contribution in [2.45, 2.75) is 33.2 Å². The van der Waals surface area contributed by atoms with E-state index in [-0.39, 0.29) is 6.04 Å². The summed E-state index contributed by atoms with van der Waals surface area (Å²) in [6.07, 6.45) is 1.13. The van der Waals surface area contributed by atoms with Crippen LogP contribution < -0.4 is 5.32 Å². The van der Waals surface area contributed by atoms with Gasteiger partial charge >= 0.3 is 0 Å². The molecule has 0 saturated heterocycles. The summed E-state index contributed by atoms with van der Waals surface area (Å²) in [5.74, 6) is 1.95. The first-order chi connectivity index (χ1) is 8.72. The van der Waals surface area contributed by atoms with Crippen molar-refractivity contribution < 1.29 is 4.42 Å². The van der Waals surface area contributed by atoms with Crippen LogP contribution in [0.5, 0.6) is 0 Å². The summed E-state index contributed by atoms with van der Waals surface area (Å²) in [7, 11) is 0. The van der Waals surface area contributed by atoms with Crippen LogP contribution in [0.3, 0.4) is 0 Å². The molecule has 2 rings (SSSR count). The molecule has 0 spiro atoms. The molecule has 0 amide bonds. The maximum Gasteiger partial charge on any atom is 0.134 e. The maximum atomic E-state index is 5.95. The lowest BCUT2D eigenvalue weighted by Gasteiger charge is -2.10. The third kappa shape index (κ3) is 2.82. The van der Waals surface area contributed by atoms with Gasteiger partial charge in [0, 0.05) is 5.56 Å². The molecule has 1 aromatic carbocycles. The van der Waals surface area contributed by atoms with Gasteiger partial charge in [-0.15, -0.1) is 0 Å². The van der Waals surface area contributed by atoms with Crippen LogP contribution in [0.4, 0.5) is 0 Å². The highest BCUT2D eigenvalue weighted by Crippen LogP contribution is 2.27. The van der Waals surface area contributed by atoms with E-state index < -0.39 is 0 Å². The number of nitrogens with one attached hydrogen (secondary N) is 1. The zero-order valence-electron chi connectivity index (χ0n) is 11.4. The molecule has 1 aromatic heterocycles. The average Bonchev–Trinajstić information content (AvgIpc) is 2.86. The first-order valence-electron chi connectivity index (χ1n) is 6.61. The minimum Gasteiger partial charge on any atom is -0.459 e. The minimum absolute atomic E-state index is 0.266. The lowest BCUT2D eigenvalue weighted by Crippen LogP contribution is -2.18. The zero-order chi connectivity index (χ0) is 13.0. The van der Waals surface area contributed by atoms with E-state index in [0.717, 1.165) is 24.5 Å². The van der Waals surface area contributed by atoms with Gasteiger partial charge in [-0.1, -0.05) is 31.2 Å². The highest BCUT2D eigenvalue weighted by molar-refractivity contribution is 5.61. The molecule has 96 valence electrons. The minimum atomic E-state index is 0.266. The SMILES string of the molecule is CCCNC(C)c1ccc(-c2ccccc2C)o1. The van der Waals surface area contributed by atoms with Crippen molar-refractivity contribution >= 4 is 0 Å².